The Hall–Kier alpha value is -1.65. The minimum Gasteiger partial charge on any atom is -0.379 e. The summed E-state index contributed by atoms with van der Waals surface area (Å²) >= 11 is 0. The van der Waals surface area contributed by atoms with Crippen LogP contribution in [-0.2, 0) is 9.47 Å². The minimum atomic E-state index is -0.0913. The third-order valence-electron chi connectivity index (χ3n) is 2.66. The average molecular weight is 277 g/mol. The SMILES string of the molecule is C=Cc1ccc(C(=O)NCCOCCOCCC)cc1. The van der Waals surface area contributed by atoms with Crippen molar-refractivity contribution in [3.05, 3.63) is 42.0 Å². The molecule has 0 heterocycles. The van der Waals surface area contributed by atoms with E-state index < -0.39 is 0 Å². The highest BCUT2D eigenvalue weighted by Gasteiger charge is 2.03. The second-order valence-corrected chi connectivity index (χ2v) is 4.31. The van der Waals surface area contributed by atoms with Gasteiger partial charge in [-0.1, -0.05) is 31.7 Å². The van der Waals surface area contributed by atoms with Gasteiger partial charge in [0.1, 0.15) is 0 Å². The van der Waals surface area contributed by atoms with Gasteiger partial charge in [-0.25, -0.2) is 0 Å². The van der Waals surface area contributed by atoms with E-state index in [-0.39, 0.29) is 5.91 Å². The van der Waals surface area contributed by atoms with Crippen LogP contribution in [0.4, 0.5) is 0 Å². The first-order valence-electron chi connectivity index (χ1n) is 6.94. The first-order chi connectivity index (χ1) is 9.77. The van der Waals surface area contributed by atoms with Gasteiger partial charge in [0, 0.05) is 18.7 Å². The Labute approximate surface area is 120 Å². The average Bonchev–Trinajstić information content (AvgIpc) is 2.50. The third-order valence-corrected chi connectivity index (χ3v) is 2.66. The van der Waals surface area contributed by atoms with E-state index >= 15 is 0 Å². The number of nitrogens with one attached hydrogen (secondary N) is 1. The zero-order valence-electron chi connectivity index (χ0n) is 12.1. The smallest absolute Gasteiger partial charge is 0.251 e. The maximum Gasteiger partial charge on any atom is 0.251 e. The summed E-state index contributed by atoms with van der Waals surface area (Å²) in [5, 5.41) is 2.81. The highest BCUT2D eigenvalue weighted by molar-refractivity contribution is 5.94. The summed E-state index contributed by atoms with van der Waals surface area (Å²) in [5.74, 6) is -0.0913. The summed E-state index contributed by atoms with van der Waals surface area (Å²) in [4.78, 5) is 11.8. The third kappa shape index (κ3) is 6.50. The first kappa shape index (κ1) is 16.4. The number of hydrogen-bond acceptors (Lipinski definition) is 3. The first-order valence-corrected chi connectivity index (χ1v) is 6.94. The minimum absolute atomic E-state index is 0.0913. The Balaban J connectivity index is 2.12. The normalized spacial score (nSPS) is 10.2. The molecule has 1 aromatic carbocycles. The second-order valence-electron chi connectivity index (χ2n) is 4.31. The van der Waals surface area contributed by atoms with Crippen LogP contribution >= 0.6 is 0 Å². The van der Waals surface area contributed by atoms with Crippen LogP contribution in [0.25, 0.3) is 6.08 Å². The van der Waals surface area contributed by atoms with E-state index in [0.717, 1.165) is 18.6 Å². The summed E-state index contributed by atoms with van der Waals surface area (Å²) in [5.41, 5.74) is 1.64. The molecule has 0 bridgehead atoms. The summed E-state index contributed by atoms with van der Waals surface area (Å²) in [7, 11) is 0. The van der Waals surface area contributed by atoms with E-state index in [0.29, 0.717) is 31.9 Å². The van der Waals surface area contributed by atoms with Crippen LogP contribution in [0.15, 0.2) is 30.8 Å². The van der Waals surface area contributed by atoms with Crippen molar-refractivity contribution >= 4 is 12.0 Å². The quantitative estimate of drug-likeness (QED) is 0.668. The van der Waals surface area contributed by atoms with Gasteiger partial charge in [-0.2, -0.15) is 0 Å². The topological polar surface area (TPSA) is 47.6 Å². The molecule has 0 aromatic heterocycles. The molecule has 1 amide bonds. The van der Waals surface area contributed by atoms with Crippen molar-refractivity contribution in [1.82, 2.24) is 5.32 Å². The second kappa shape index (κ2) is 10.2. The summed E-state index contributed by atoms with van der Waals surface area (Å²) in [6.07, 6.45) is 2.76. The van der Waals surface area contributed by atoms with Crippen LogP contribution in [-0.4, -0.2) is 38.9 Å². The van der Waals surface area contributed by atoms with Crippen molar-refractivity contribution < 1.29 is 14.3 Å². The standard InChI is InChI=1S/C16H23NO3/c1-3-10-19-12-13-20-11-9-17-16(18)15-7-5-14(4-2)6-8-15/h4-8H,2-3,9-13H2,1H3,(H,17,18). The van der Waals surface area contributed by atoms with Gasteiger partial charge in [0.25, 0.3) is 5.91 Å². The van der Waals surface area contributed by atoms with Gasteiger partial charge in [0.05, 0.1) is 19.8 Å². The molecule has 0 spiro atoms. The molecule has 1 N–H and O–H groups in total. The number of rotatable bonds is 10. The monoisotopic (exact) mass is 277 g/mol. The molecule has 0 atom stereocenters. The fourth-order valence-electron chi connectivity index (χ4n) is 1.58. The molecule has 1 aromatic rings. The Bertz CT molecular complexity index is 401. The maximum absolute atomic E-state index is 11.8. The molecule has 0 fully saturated rings. The van der Waals surface area contributed by atoms with Crippen LogP contribution in [0.5, 0.6) is 0 Å². The Kier molecular flexibility index (Phi) is 8.35. The van der Waals surface area contributed by atoms with Crippen molar-refractivity contribution in [2.45, 2.75) is 13.3 Å². The van der Waals surface area contributed by atoms with Gasteiger partial charge in [-0.15, -0.1) is 0 Å². The molecule has 20 heavy (non-hydrogen) atoms. The van der Waals surface area contributed by atoms with E-state index in [9.17, 15) is 4.79 Å². The fourth-order valence-corrected chi connectivity index (χ4v) is 1.58. The molecule has 110 valence electrons. The largest absolute Gasteiger partial charge is 0.379 e. The molecular formula is C16H23NO3. The highest BCUT2D eigenvalue weighted by Crippen LogP contribution is 2.05. The lowest BCUT2D eigenvalue weighted by molar-refractivity contribution is 0.0485. The number of carbonyl (C=O) groups is 1. The Morgan fingerprint density at radius 1 is 1.15 bits per heavy atom. The lowest BCUT2D eigenvalue weighted by atomic mass is 10.1. The molecule has 1 rings (SSSR count). The molecule has 4 nitrogen and oxygen atoms in total. The molecule has 4 heteroatoms. The molecule has 0 aliphatic rings. The van der Waals surface area contributed by atoms with Crippen molar-refractivity contribution in [1.29, 1.82) is 0 Å². The van der Waals surface area contributed by atoms with Crippen LogP contribution in [0.3, 0.4) is 0 Å². The van der Waals surface area contributed by atoms with Crippen molar-refractivity contribution in [3.63, 3.8) is 0 Å². The van der Waals surface area contributed by atoms with Crippen molar-refractivity contribution in [3.8, 4) is 0 Å². The summed E-state index contributed by atoms with van der Waals surface area (Å²) in [6, 6.07) is 7.30. The lowest BCUT2D eigenvalue weighted by Crippen LogP contribution is -2.27. The fraction of sp³-hybridized carbons (Fsp3) is 0.438. The zero-order valence-corrected chi connectivity index (χ0v) is 12.1. The molecular weight excluding hydrogens is 254 g/mol. The molecule has 0 aliphatic carbocycles. The highest BCUT2D eigenvalue weighted by atomic mass is 16.5. The number of ether oxygens (including phenoxy) is 2. The zero-order chi connectivity index (χ0) is 14.6. The predicted molar refractivity (Wildman–Crippen MR) is 80.8 cm³/mol. The van der Waals surface area contributed by atoms with E-state index in [1.807, 2.05) is 12.1 Å². The van der Waals surface area contributed by atoms with E-state index in [4.69, 9.17) is 9.47 Å². The Morgan fingerprint density at radius 2 is 1.80 bits per heavy atom. The van der Waals surface area contributed by atoms with E-state index in [1.54, 1.807) is 18.2 Å². The van der Waals surface area contributed by atoms with Gasteiger partial charge in [0.15, 0.2) is 0 Å². The molecule has 0 saturated heterocycles. The molecule has 0 radical (unpaired) electrons. The van der Waals surface area contributed by atoms with Gasteiger partial charge >= 0.3 is 0 Å². The number of amides is 1. The molecule has 0 unspecified atom stereocenters. The predicted octanol–water partition coefficient (Wildman–Crippen LogP) is 2.50. The lowest BCUT2D eigenvalue weighted by Gasteiger charge is -2.07. The molecule has 0 saturated carbocycles. The van der Waals surface area contributed by atoms with Crippen LogP contribution < -0.4 is 5.32 Å². The van der Waals surface area contributed by atoms with Gasteiger partial charge in [0.2, 0.25) is 0 Å². The summed E-state index contributed by atoms with van der Waals surface area (Å²) in [6.45, 7) is 8.66. The van der Waals surface area contributed by atoms with Crippen LogP contribution in [0, 0.1) is 0 Å². The van der Waals surface area contributed by atoms with Crippen molar-refractivity contribution in [2.75, 3.05) is 33.0 Å². The summed E-state index contributed by atoms with van der Waals surface area (Å²) < 4.78 is 10.6. The number of carbonyl (C=O) groups excluding carboxylic acids is 1. The van der Waals surface area contributed by atoms with E-state index in [1.165, 1.54) is 0 Å². The van der Waals surface area contributed by atoms with Crippen molar-refractivity contribution in [2.24, 2.45) is 0 Å². The molecule has 0 aliphatic heterocycles. The number of hydrogen-bond donors (Lipinski definition) is 1. The van der Waals surface area contributed by atoms with Crippen LogP contribution in [0.2, 0.25) is 0 Å². The Morgan fingerprint density at radius 3 is 2.40 bits per heavy atom. The van der Waals surface area contributed by atoms with E-state index in [2.05, 4.69) is 18.8 Å². The number of benzene rings is 1. The van der Waals surface area contributed by atoms with Gasteiger partial charge in [-0.05, 0) is 24.1 Å². The van der Waals surface area contributed by atoms with Gasteiger partial charge in [-0.3, -0.25) is 4.79 Å². The maximum atomic E-state index is 11.8. The van der Waals surface area contributed by atoms with Gasteiger partial charge < -0.3 is 14.8 Å². The van der Waals surface area contributed by atoms with Crippen LogP contribution in [0.1, 0.15) is 29.3 Å².